The second-order valence-corrected chi connectivity index (χ2v) is 5.79. The number of methoxy groups -OCH3 is 1. The summed E-state index contributed by atoms with van der Waals surface area (Å²) < 4.78 is 7.12. The molecule has 0 saturated heterocycles. The van der Waals surface area contributed by atoms with Crippen molar-refractivity contribution >= 4 is 39.8 Å². The lowest BCUT2D eigenvalue weighted by Crippen LogP contribution is -2.01. The van der Waals surface area contributed by atoms with Crippen LogP contribution in [-0.4, -0.2) is 26.7 Å². The molecule has 120 valence electrons. The monoisotopic (exact) mass is 339 g/mol. The van der Waals surface area contributed by atoms with Gasteiger partial charge in [-0.05, 0) is 49.4 Å². The van der Waals surface area contributed by atoms with Crippen molar-refractivity contribution in [2.24, 2.45) is 0 Å². The summed E-state index contributed by atoms with van der Waals surface area (Å²) in [5, 5.41) is 12.4. The number of anilines is 2. The SMILES string of the molecule is COc1ccc(Nc2nc3ccc(Cl)cc3n3c(C)nnc23)cc1. The van der Waals surface area contributed by atoms with Crippen molar-refractivity contribution in [3.05, 3.63) is 53.3 Å². The van der Waals surface area contributed by atoms with Gasteiger partial charge in [-0.15, -0.1) is 10.2 Å². The van der Waals surface area contributed by atoms with Crippen molar-refractivity contribution in [1.82, 2.24) is 19.6 Å². The summed E-state index contributed by atoms with van der Waals surface area (Å²) in [7, 11) is 1.64. The zero-order valence-corrected chi connectivity index (χ0v) is 13.9. The molecule has 0 saturated carbocycles. The molecule has 4 aromatic rings. The van der Waals surface area contributed by atoms with E-state index in [2.05, 4.69) is 20.5 Å². The van der Waals surface area contributed by atoms with Crippen molar-refractivity contribution in [2.45, 2.75) is 6.92 Å². The van der Waals surface area contributed by atoms with Crippen molar-refractivity contribution in [3.63, 3.8) is 0 Å². The zero-order valence-electron chi connectivity index (χ0n) is 13.1. The van der Waals surface area contributed by atoms with Crippen LogP contribution in [0.15, 0.2) is 42.5 Å². The first-order chi connectivity index (χ1) is 11.7. The number of rotatable bonds is 3. The first-order valence-electron chi connectivity index (χ1n) is 7.38. The van der Waals surface area contributed by atoms with Crippen molar-refractivity contribution in [1.29, 1.82) is 0 Å². The highest BCUT2D eigenvalue weighted by Gasteiger charge is 2.13. The van der Waals surface area contributed by atoms with Gasteiger partial charge < -0.3 is 10.1 Å². The number of hydrogen-bond acceptors (Lipinski definition) is 5. The number of hydrogen-bond donors (Lipinski definition) is 1. The van der Waals surface area contributed by atoms with Gasteiger partial charge in [0.25, 0.3) is 0 Å². The highest BCUT2D eigenvalue weighted by molar-refractivity contribution is 6.31. The van der Waals surface area contributed by atoms with Crippen molar-refractivity contribution < 1.29 is 4.74 Å². The number of aromatic nitrogens is 4. The molecule has 2 aromatic heterocycles. The van der Waals surface area contributed by atoms with Crippen LogP contribution in [0, 0.1) is 6.92 Å². The number of nitrogens with zero attached hydrogens (tertiary/aromatic N) is 4. The number of aryl methyl sites for hydroxylation is 1. The van der Waals surface area contributed by atoms with Gasteiger partial charge in [0.15, 0.2) is 5.82 Å². The average Bonchev–Trinajstić information content (AvgIpc) is 2.99. The minimum Gasteiger partial charge on any atom is -0.497 e. The van der Waals surface area contributed by atoms with Gasteiger partial charge in [-0.1, -0.05) is 11.6 Å². The highest BCUT2D eigenvalue weighted by Crippen LogP contribution is 2.26. The molecule has 1 N–H and O–H groups in total. The van der Waals surface area contributed by atoms with Crippen LogP contribution in [0.3, 0.4) is 0 Å². The summed E-state index contributed by atoms with van der Waals surface area (Å²) in [6, 6.07) is 13.2. The number of ether oxygens (including phenoxy) is 1. The van der Waals surface area contributed by atoms with Crippen LogP contribution in [0.4, 0.5) is 11.5 Å². The lowest BCUT2D eigenvalue weighted by Gasteiger charge is -2.10. The Balaban J connectivity index is 1.88. The van der Waals surface area contributed by atoms with E-state index in [1.165, 1.54) is 0 Å². The molecular formula is C17H14ClN5O. The summed E-state index contributed by atoms with van der Waals surface area (Å²) >= 11 is 6.13. The Kier molecular flexibility index (Phi) is 3.46. The van der Waals surface area contributed by atoms with E-state index in [9.17, 15) is 0 Å². The zero-order chi connectivity index (χ0) is 16.7. The minimum atomic E-state index is 0.635. The summed E-state index contributed by atoms with van der Waals surface area (Å²) in [6.45, 7) is 1.90. The van der Waals surface area contributed by atoms with E-state index in [1.54, 1.807) is 7.11 Å². The predicted molar refractivity (Wildman–Crippen MR) is 94.3 cm³/mol. The van der Waals surface area contributed by atoms with Gasteiger partial charge in [-0.3, -0.25) is 4.40 Å². The Bertz CT molecular complexity index is 1040. The molecule has 2 heterocycles. The maximum Gasteiger partial charge on any atom is 0.204 e. The molecule has 0 aliphatic heterocycles. The van der Waals surface area contributed by atoms with Crippen LogP contribution >= 0.6 is 11.6 Å². The van der Waals surface area contributed by atoms with Crippen LogP contribution in [0.5, 0.6) is 5.75 Å². The molecule has 0 unspecified atom stereocenters. The molecule has 7 heteroatoms. The molecule has 0 fully saturated rings. The standard InChI is InChI=1S/C17H14ClN5O/c1-10-21-22-17-16(19-12-4-6-13(24-2)7-5-12)20-14-8-3-11(18)9-15(14)23(10)17/h3-9H,1-2H3,(H,19,20). The van der Waals surface area contributed by atoms with E-state index in [1.807, 2.05) is 53.8 Å². The second-order valence-electron chi connectivity index (χ2n) is 5.35. The summed E-state index contributed by atoms with van der Waals surface area (Å²) in [5.74, 6) is 2.21. The normalized spacial score (nSPS) is 11.1. The van der Waals surface area contributed by atoms with Crippen LogP contribution in [0.25, 0.3) is 16.7 Å². The molecular weight excluding hydrogens is 326 g/mol. The first-order valence-corrected chi connectivity index (χ1v) is 7.75. The average molecular weight is 340 g/mol. The van der Waals surface area contributed by atoms with Gasteiger partial charge in [0, 0.05) is 10.7 Å². The van der Waals surface area contributed by atoms with Gasteiger partial charge in [0.05, 0.1) is 18.1 Å². The Morgan fingerprint density at radius 2 is 1.88 bits per heavy atom. The Morgan fingerprint density at radius 1 is 1.08 bits per heavy atom. The molecule has 24 heavy (non-hydrogen) atoms. The Morgan fingerprint density at radius 3 is 2.62 bits per heavy atom. The summed E-state index contributed by atoms with van der Waals surface area (Å²) in [6.07, 6.45) is 0. The fraction of sp³-hybridized carbons (Fsp3) is 0.118. The third-order valence-electron chi connectivity index (χ3n) is 3.80. The van der Waals surface area contributed by atoms with Crippen LogP contribution in [0.1, 0.15) is 5.82 Å². The number of benzene rings is 2. The maximum atomic E-state index is 6.13. The van der Waals surface area contributed by atoms with E-state index in [-0.39, 0.29) is 0 Å². The third kappa shape index (κ3) is 2.41. The molecule has 4 rings (SSSR count). The molecule has 0 spiro atoms. The quantitative estimate of drug-likeness (QED) is 0.611. The Hall–Kier alpha value is -2.86. The van der Waals surface area contributed by atoms with E-state index < -0.39 is 0 Å². The molecule has 0 aliphatic carbocycles. The fourth-order valence-corrected chi connectivity index (χ4v) is 2.81. The largest absolute Gasteiger partial charge is 0.497 e. The number of fused-ring (bicyclic) bond motifs is 3. The maximum absolute atomic E-state index is 6.13. The highest BCUT2D eigenvalue weighted by atomic mass is 35.5. The Labute approximate surface area is 143 Å². The predicted octanol–water partition coefficient (Wildman–Crippen LogP) is 3.99. The minimum absolute atomic E-state index is 0.635. The third-order valence-corrected chi connectivity index (χ3v) is 4.04. The van der Waals surface area contributed by atoms with Crippen molar-refractivity contribution in [2.75, 3.05) is 12.4 Å². The van der Waals surface area contributed by atoms with E-state index in [4.69, 9.17) is 16.3 Å². The molecule has 2 aromatic carbocycles. The first kappa shape index (κ1) is 14.7. The van der Waals surface area contributed by atoms with Crippen LogP contribution in [0.2, 0.25) is 5.02 Å². The molecule has 0 radical (unpaired) electrons. The lowest BCUT2D eigenvalue weighted by atomic mass is 10.3. The van der Waals surface area contributed by atoms with Gasteiger partial charge >= 0.3 is 0 Å². The van der Waals surface area contributed by atoms with Gasteiger partial charge in [-0.2, -0.15) is 0 Å². The summed E-state index contributed by atoms with van der Waals surface area (Å²) in [5.41, 5.74) is 3.23. The van der Waals surface area contributed by atoms with Gasteiger partial charge in [0.2, 0.25) is 5.65 Å². The van der Waals surface area contributed by atoms with Crippen LogP contribution < -0.4 is 10.1 Å². The lowest BCUT2D eigenvalue weighted by molar-refractivity contribution is 0.415. The van der Waals surface area contributed by atoms with Crippen LogP contribution in [-0.2, 0) is 0 Å². The second kappa shape index (κ2) is 5.65. The number of halogens is 1. The molecule has 0 bridgehead atoms. The molecule has 0 aliphatic rings. The van der Waals surface area contributed by atoms with Gasteiger partial charge in [-0.25, -0.2) is 4.98 Å². The van der Waals surface area contributed by atoms with E-state index >= 15 is 0 Å². The topological polar surface area (TPSA) is 64.3 Å². The number of nitrogens with one attached hydrogen (secondary N) is 1. The van der Waals surface area contributed by atoms with E-state index in [0.717, 1.165) is 28.3 Å². The van der Waals surface area contributed by atoms with Gasteiger partial charge in [0.1, 0.15) is 11.6 Å². The fourth-order valence-electron chi connectivity index (χ4n) is 2.64. The molecule has 0 atom stereocenters. The summed E-state index contributed by atoms with van der Waals surface area (Å²) in [4.78, 5) is 4.67. The van der Waals surface area contributed by atoms with E-state index in [0.29, 0.717) is 16.5 Å². The molecule has 0 amide bonds. The smallest absolute Gasteiger partial charge is 0.204 e. The molecule has 6 nitrogen and oxygen atoms in total. The van der Waals surface area contributed by atoms with Crippen molar-refractivity contribution in [3.8, 4) is 5.75 Å².